The molecule has 0 aromatic carbocycles. The van der Waals surface area contributed by atoms with E-state index in [1.54, 1.807) is 35.1 Å². The summed E-state index contributed by atoms with van der Waals surface area (Å²) in [6.07, 6.45) is 3.48. The molecular formula is C16H19N5S2. The number of nitrogens with one attached hydrogen (secondary N) is 1. The highest BCUT2D eigenvalue weighted by Gasteiger charge is 2.14. The molecule has 0 aliphatic carbocycles. The van der Waals surface area contributed by atoms with Gasteiger partial charge in [0, 0.05) is 36.9 Å². The average molecular weight is 345 g/mol. The van der Waals surface area contributed by atoms with Crippen LogP contribution in [0.5, 0.6) is 0 Å². The lowest BCUT2D eigenvalue weighted by atomic mass is 10.1. The Morgan fingerprint density at radius 2 is 2.04 bits per heavy atom. The Balaban J connectivity index is 1.57. The number of likely N-dealkylation sites (N-methyl/N-ethyl adjacent to an activating group) is 1. The van der Waals surface area contributed by atoms with Crippen molar-refractivity contribution in [3.63, 3.8) is 0 Å². The number of hydrogen-bond donors (Lipinski definition) is 1. The van der Waals surface area contributed by atoms with Crippen molar-refractivity contribution >= 4 is 22.7 Å². The van der Waals surface area contributed by atoms with E-state index >= 15 is 0 Å². The summed E-state index contributed by atoms with van der Waals surface area (Å²) in [5, 5.41) is 10.8. The van der Waals surface area contributed by atoms with Gasteiger partial charge in [0.1, 0.15) is 0 Å². The predicted octanol–water partition coefficient (Wildman–Crippen LogP) is 3.05. The quantitative estimate of drug-likeness (QED) is 0.713. The van der Waals surface area contributed by atoms with E-state index < -0.39 is 0 Å². The van der Waals surface area contributed by atoms with Gasteiger partial charge in [0.2, 0.25) is 0 Å². The van der Waals surface area contributed by atoms with E-state index in [0.717, 1.165) is 23.8 Å². The number of thiazole rings is 1. The predicted molar refractivity (Wildman–Crippen MR) is 95.6 cm³/mol. The fourth-order valence-electron chi connectivity index (χ4n) is 2.30. The molecule has 1 atom stereocenters. The molecule has 23 heavy (non-hydrogen) atoms. The Morgan fingerprint density at radius 1 is 1.22 bits per heavy atom. The number of nitrogens with zero attached hydrogens (tertiary/aromatic N) is 4. The SMILES string of the molecule is CN(C)[C@H](CNCc1csc(-c2ncccn2)n1)c1ccsc1. The molecule has 0 spiro atoms. The maximum Gasteiger partial charge on any atom is 0.188 e. The first-order chi connectivity index (χ1) is 11.2. The first-order valence-corrected chi connectivity index (χ1v) is 9.17. The van der Waals surface area contributed by atoms with E-state index in [1.165, 1.54) is 5.56 Å². The molecular weight excluding hydrogens is 326 g/mol. The van der Waals surface area contributed by atoms with Crippen LogP contribution in [0.2, 0.25) is 0 Å². The fraction of sp³-hybridized carbons (Fsp3) is 0.312. The minimum Gasteiger partial charge on any atom is -0.309 e. The van der Waals surface area contributed by atoms with Gasteiger partial charge in [0.15, 0.2) is 10.8 Å². The summed E-state index contributed by atoms with van der Waals surface area (Å²) < 4.78 is 0. The van der Waals surface area contributed by atoms with Gasteiger partial charge in [-0.3, -0.25) is 0 Å². The highest BCUT2D eigenvalue weighted by Crippen LogP contribution is 2.21. The number of thiophene rings is 1. The lowest BCUT2D eigenvalue weighted by Gasteiger charge is -2.23. The van der Waals surface area contributed by atoms with Crippen molar-refractivity contribution in [2.45, 2.75) is 12.6 Å². The largest absolute Gasteiger partial charge is 0.309 e. The van der Waals surface area contributed by atoms with Gasteiger partial charge in [0.25, 0.3) is 0 Å². The van der Waals surface area contributed by atoms with Crippen LogP contribution >= 0.6 is 22.7 Å². The smallest absolute Gasteiger partial charge is 0.188 e. The van der Waals surface area contributed by atoms with Crippen LogP contribution in [0.4, 0.5) is 0 Å². The van der Waals surface area contributed by atoms with Gasteiger partial charge >= 0.3 is 0 Å². The monoisotopic (exact) mass is 345 g/mol. The maximum absolute atomic E-state index is 4.60. The fourth-order valence-corrected chi connectivity index (χ4v) is 3.77. The van der Waals surface area contributed by atoms with Gasteiger partial charge in [-0.15, -0.1) is 11.3 Å². The first kappa shape index (κ1) is 16.2. The molecule has 0 unspecified atom stereocenters. The van der Waals surface area contributed by atoms with Crippen molar-refractivity contribution in [3.05, 3.63) is 51.9 Å². The number of rotatable bonds is 7. The molecule has 1 N–H and O–H groups in total. The number of aromatic nitrogens is 3. The number of hydrogen-bond acceptors (Lipinski definition) is 7. The Bertz CT molecular complexity index is 709. The minimum atomic E-state index is 0.372. The molecule has 0 saturated heterocycles. The molecule has 3 rings (SSSR count). The van der Waals surface area contributed by atoms with Crippen LogP contribution in [-0.2, 0) is 6.54 Å². The summed E-state index contributed by atoms with van der Waals surface area (Å²) >= 11 is 3.32. The molecule has 0 aliphatic rings. The van der Waals surface area contributed by atoms with Crippen LogP contribution in [0.3, 0.4) is 0 Å². The molecule has 0 saturated carbocycles. The lowest BCUT2D eigenvalue weighted by molar-refractivity contribution is 0.288. The Kier molecular flexibility index (Phi) is 5.45. The molecule has 3 aromatic heterocycles. The summed E-state index contributed by atoms with van der Waals surface area (Å²) in [6, 6.07) is 4.37. The van der Waals surface area contributed by atoms with E-state index in [-0.39, 0.29) is 0 Å². The van der Waals surface area contributed by atoms with E-state index in [4.69, 9.17) is 0 Å². The molecule has 3 aromatic rings. The minimum absolute atomic E-state index is 0.372. The van der Waals surface area contributed by atoms with Crippen LogP contribution in [0.15, 0.2) is 40.7 Å². The van der Waals surface area contributed by atoms with Gasteiger partial charge < -0.3 is 10.2 Å². The zero-order valence-corrected chi connectivity index (χ0v) is 14.8. The van der Waals surface area contributed by atoms with Crippen molar-refractivity contribution in [2.24, 2.45) is 0 Å². The van der Waals surface area contributed by atoms with E-state index in [2.05, 4.69) is 61.5 Å². The third-order valence-electron chi connectivity index (χ3n) is 3.50. The van der Waals surface area contributed by atoms with E-state index in [9.17, 15) is 0 Å². The average Bonchev–Trinajstić information content (AvgIpc) is 3.24. The van der Waals surface area contributed by atoms with Crippen LogP contribution in [0, 0.1) is 0 Å². The molecule has 0 fully saturated rings. The lowest BCUT2D eigenvalue weighted by Crippen LogP contribution is -2.30. The van der Waals surface area contributed by atoms with Crippen molar-refractivity contribution in [1.29, 1.82) is 0 Å². The van der Waals surface area contributed by atoms with Gasteiger partial charge in [-0.1, -0.05) is 0 Å². The summed E-state index contributed by atoms with van der Waals surface area (Å²) in [7, 11) is 4.22. The molecule has 3 heterocycles. The zero-order chi connectivity index (χ0) is 16.1. The van der Waals surface area contributed by atoms with Gasteiger partial charge in [-0.25, -0.2) is 15.0 Å². The summed E-state index contributed by atoms with van der Waals surface area (Å²) in [5.74, 6) is 0.688. The van der Waals surface area contributed by atoms with Crippen molar-refractivity contribution < 1.29 is 0 Å². The first-order valence-electron chi connectivity index (χ1n) is 7.35. The highest BCUT2D eigenvalue weighted by atomic mass is 32.1. The van der Waals surface area contributed by atoms with Crippen molar-refractivity contribution in [2.75, 3.05) is 20.6 Å². The molecule has 0 bridgehead atoms. The van der Waals surface area contributed by atoms with Gasteiger partial charge in [-0.2, -0.15) is 11.3 Å². The van der Waals surface area contributed by atoms with Crippen molar-refractivity contribution in [3.8, 4) is 10.8 Å². The molecule has 5 nitrogen and oxygen atoms in total. The van der Waals surface area contributed by atoms with E-state index in [1.807, 2.05) is 6.07 Å². The Labute approximate surface area is 144 Å². The molecule has 0 aliphatic heterocycles. The maximum atomic E-state index is 4.60. The second kappa shape index (κ2) is 7.74. The summed E-state index contributed by atoms with van der Waals surface area (Å²) in [5.41, 5.74) is 2.38. The van der Waals surface area contributed by atoms with Crippen LogP contribution in [0.25, 0.3) is 10.8 Å². The van der Waals surface area contributed by atoms with E-state index in [0.29, 0.717) is 11.9 Å². The Morgan fingerprint density at radius 3 is 2.74 bits per heavy atom. The standard InChI is InChI=1S/C16H19N5S2/c1-21(2)14(12-4-7-22-10-12)9-17-8-13-11-23-16(20-13)15-18-5-3-6-19-15/h3-7,10-11,14,17H,8-9H2,1-2H3/t14-/m1/s1. The second-order valence-corrected chi connectivity index (χ2v) is 7.02. The summed E-state index contributed by atoms with van der Waals surface area (Å²) in [6.45, 7) is 1.64. The molecule has 120 valence electrons. The van der Waals surface area contributed by atoms with Crippen LogP contribution in [0.1, 0.15) is 17.3 Å². The van der Waals surface area contributed by atoms with Gasteiger partial charge in [0.05, 0.1) is 5.69 Å². The third-order valence-corrected chi connectivity index (χ3v) is 5.09. The molecule has 0 amide bonds. The van der Waals surface area contributed by atoms with Crippen LogP contribution in [-0.4, -0.2) is 40.5 Å². The zero-order valence-electron chi connectivity index (χ0n) is 13.1. The molecule has 7 heteroatoms. The third kappa shape index (κ3) is 4.20. The Hall–Kier alpha value is -1.67. The van der Waals surface area contributed by atoms with Crippen LogP contribution < -0.4 is 5.32 Å². The normalized spacial score (nSPS) is 12.7. The van der Waals surface area contributed by atoms with Crippen molar-refractivity contribution in [1.82, 2.24) is 25.2 Å². The second-order valence-electron chi connectivity index (χ2n) is 5.38. The molecule has 0 radical (unpaired) electrons. The van der Waals surface area contributed by atoms with Gasteiger partial charge in [-0.05, 0) is 42.6 Å². The highest BCUT2D eigenvalue weighted by molar-refractivity contribution is 7.13. The summed E-state index contributed by atoms with van der Waals surface area (Å²) in [4.78, 5) is 15.3. The topological polar surface area (TPSA) is 53.9 Å².